The van der Waals surface area contributed by atoms with E-state index in [1.54, 1.807) is 41.1 Å². The van der Waals surface area contributed by atoms with Crippen LogP contribution in [0.25, 0.3) is 16.6 Å². The molecule has 0 aliphatic carbocycles. The molecule has 9 heteroatoms. The number of pyridine rings is 1. The van der Waals surface area contributed by atoms with Crippen molar-refractivity contribution in [3.8, 4) is 5.69 Å². The number of oxime groups is 1. The van der Waals surface area contributed by atoms with Crippen LogP contribution in [0.3, 0.4) is 0 Å². The molecule has 0 fully saturated rings. The summed E-state index contributed by atoms with van der Waals surface area (Å²) in [7, 11) is 0. The zero-order chi connectivity index (χ0) is 25.1. The molecule has 0 saturated heterocycles. The lowest BCUT2D eigenvalue weighted by molar-refractivity contribution is -0.137. The quantitative estimate of drug-likeness (QED) is 0.336. The fourth-order valence-corrected chi connectivity index (χ4v) is 4.39. The molecule has 2 aromatic carbocycles. The van der Waals surface area contributed by atoms with Crippen molar-refractivity contribution in [1.29, 1.82) is 0 Å². The predicted octanol–water partition coefficient (Wildman–Crippen LogP) is 5.10. The van der Waals surface area contributed by atoms with Crippen LogP contribution in [-0.2, 0) is 16.1 Å². The van der Waals surface area contributed by atoms with Gasteiger partial charge in [0.2, 0.25) is 0 Å². The summed E-state index contributed by atoms with van der Waals surface area (Å²) in [6.45, 7) is 0. The van der Waals surface area contributed by atoms with Gasteiger partial charge in [0.05, 0.1) is 28.0 Å². The van der Waals surface area contributed by atoms with Gasteiger partial charge in [0.25, 0.3) is 5.56 Å². The molecule has 1 unspecified atom stereocenters. The van der Waals surface area contributed by atoms with Gasteiger partial charge >= 0.3 is 5.97 Å². The van der Waals surface area contributed by atoms with E-state index in [0.717, 1.165) is 17.0 Å². The van der Waals surface area contributed by atoms with Gasteiger partial charge in [0, 0.05) is 36.0 Å². The first-order valence-corrected chi connectivity index (χ1v) is 12.0. The second-order valence-electron chi connectivity index (χ2n) is 8.57. The average molecular weight is 503 g/mol. The summed E-state index contributed by atoms with van der Waals surface area (Å²) >= 11 is 6.05. The zero-order valence-electron chi connectivity index (χ0n) is 19.3. The zero-order valence-corrected chi connectivity index (χ0v) is 20.1. The van der Waals surface area contributed by atoms with Gasteiger partial charge in [-0.3, -0.25) is 19.1 Å². The van der Waals surface area contributed by atoms with Crippen LogP contribution in [0.15, 0.2) is 76.8 Å². The van der Waals surface area contributed by atoms with Crippen LogP contribution >= 0.6 is 11.6 Å². The molecule has 1 aliphatic heterocycles. The highest BCUT2D eigenvalue weighted by Crippen LogP contribution is 2.29. The average Bonchev–Trinajstić information content (AvgIpc) is 3.38. The van der Waals surface area contributed by atoms with Crippen molar-refractivity contribution < 1.29 is 14.7 Å². The first kappa shape index (κ1) is 23.7. The van der Waals surface area contributed by atoms with E-state index < -0.39 is 5.97 Å². The fraction of sp³-hybridized carbons (Fsp3) is 0.222. The van der Waals surface area contributed by atoms with Gasteiger partial charge in [-0.2, -0.15) is 0 Å². The van der Waals surface area contributed by atoms with E-state index in [-0.39, 0.29) is 18.1 Å². The Hall–Kier alpha value is -4.04. The smallest absolute Gasteiger partial charge is 0.303 e. The Morgan fingerprint density at radius 3 is 2.69 bits per heavy atom. The maximum atomic E-state index is 13.6. The van der Waals surface area contributed by atoms with Crippen molar-refractivity contribution >= 4 is 34.2 Å². The van der Waals surface area contributed by atoms with E-state index >= 15 is 0 Å². The Labute approximate surface area is 211 Å². The Morgan fingerprint density at radius 2 is 1.94 bits per heavy atom. The van der Waals surface area contributed by atoms with Crippen LogP contribution in [-0.4, -0.2) is 31.3 Å². The number of aliphatic carboxylic acids is 1. The molecule has 0 saturated carbocycles. The molecule has 36 heavy (non-hydrogen) atoms. The molecule has 0 spiro atoms. The number of halogens is 1. The second kappa shape index (κ2) is 10.3. The van der Waals surface area contributed by atoms with E-state index in [9.17, 15) is 9.59 Å². The number of aromatic nitrogens is 3. The number of benzene rings is 2. The summed E-state index contributed by atoms with van der Waals surface area (Å²) in [6.07, 6.45) is 3.63. The lowest BCUT2D eigenvalue weighted by Crippen LogP contribution is -2.24. The first-order valence-electron chi connectivity index (χ1n) is 11.7. The maximum absolute atomic E-state index is 13.6. The molecular weight excluding hydrogens is 480 g/mol. The molecule has 1 aliphatic rings. The number of unbranched alkanes of at least 4 members (excludes halogenated alkanes) is 1. The molecule has 0 amide bonds. The van der Waals surface area contributed by atoms with Gasteiger partial charge in [-0.25, -0.2) is 4.98 Å². The van der Waals surface area contributed by atoms with Crippen LogP contribution in [0.2, 0.25) is 5.02 Å². The lowest BCUT2D eigenvalue weighted by Gasteiger charge is -2.14. The monoisotopic (exact) mass is 502 g/mol. The molecule has 5 rings (SSSR count). The summed E-state index contributed by atoms with van der Waals surface area (Å²) in [6, 6.07) is 18.1. The number of carboxylic acid groups (broad SMARTS) is 1. The number of carbonyl (C=O) groups is 1. The Balaban J connectivity index is 1.50. The Kier molecular flexibility index (Phi) is 6.77. The van der Waals surface area contributed by atoms with Crippen LogP contribution in [0.5, 0.6) is 0 Å². The van der Waals surface area contributed by atoms with Gasteiger partial charge in [0.1, 0.15) is 5.82 Å². The highest BCUT2D eigenvalue weighted by molar-refractivity contribution is 6.30. The molecule has 1 atom stereocenters. The van der Waals surface area contributed by atoms with E-state index in [0.29, 0.717) is 53.1 Å². The molecular formula is C27H23ClN4O4. The SMILES string of the molecule is O=C(O)CCCCc1nc2cc(C3=NOC(c4ccccn4)C3)ccc2c(=O)n1-c1ccc(Cl)cc1. The van der Waals surface area contributed by atoms with Gasteiger partial charge < -0.3 is 9.94 Å². The second-order valence-corrected chi connectivity index (χ2v) is 9.00. The van der Waals surface area contributed by atoms with Crippen molar-refractivity contribution in [1.82, 2.24) is 14.5 Å². The van der Waals surface area contributed by atoms with E-state index in [4.69, 9.17) is 26.5 Å². The lowest BCUT2D eigenvalue weighted by atomic mass is 10.0. The van der Waals surface area contributed by atoms with Crippen LogP contribution in [0, 0.1) is 0 Å². The molecule has 3 heterocycles. The largest absolute Gasteiger partial charge is 0.481 e. The normalized spacial score (nSPS) is 15.0. The first-order chi connectivity index (χ1) is 17.5. The standard InChI is InChI=1S/C27H23ClN4O4/c28-18-9-11-19(12-10-18)32-25(6-1-2-7-26(33)34)30-23-15-17(8-13-20(23)27(32)35)22-16-24(36-31-22)21-5-3-4-14-29-21/h3-5,8-15,24H,1-2,6-7,16H2,(H,33,34). The van der Waals surface area contributed by atoms with Gasteiger partial charge in [-0.1, -0.05) is 28.9 Å². The molecule has 2 aromatic heterocycles. The van der Waals surface area contributed by atoms with Gasteiger partial charge in [0.15, 0.2) is 6.10 Å². The minimum atomic E-state index is -0.843. The van der Waals surface area contributed by atoms with Crippen LogP contribution in [0.4, 0.5) is 0 Å². The van der Waals surface area contributed by atoms with Gasteiger partial charge in [-0.05, 0) is 61.4 Å². The maximum Gasteiger partial charge on any atom is 0.303 e. The Morgan fingerprint density at radius 1 is 1.11 bits per heavy atom. The summed E-state index contributed by atoms with van der Waals surface area (Å²) in [5.74, 6) is -0.280. The highest BCUT2D eigenvalue weighted by Gasteiger charge is 2.25. The molecule has 0 bridgehead atoms. The molecule has 0 radical (unpaired) electrons. The number of aryl methyl sites for hydroxylation is 1. The van der Waals surface area contributed by atoms with Crippen molar-refractivity contribution in [2.45, 2.75) is 38.2 Å². The van der Waals surface area contributed by atoms with Crippen LogP contribution < -0.4 is 5.56 Å². The van der Waals surface area contributed by atoms with Crippen LogP contribution in [0.1, 0.15) is 48.9 Å². The molecule has 182 valence electrons. The summed E-state index contributed by atoms with van der Waals surface area (Å²) < 4.78 is 1.58. The minimum Gasteiger partial charge on any atom is -0.481 e. The number of hydrogen-bond acceptors (Lipinski definition) is 6. The molecule has 4 aromatic rings. The summed E-state index contributed by atoms with van der Waals surface area (Å²) in [4.78, 5) is 39.3. The van der Waals surface area contributed by atoms with E-state index in [2.05, 4.69) is 10.1 Å². The highest BCUT2D eigenvalue weighted by atomic mass is 35.5. The topological polar surface area (TPSA) is 107 Å². The predicted molar refractivity (Wildman–Crippen MR) is 137 cm³/mol. The number of carboxylic acids is 1. The van der Waals surface area contributed by atoms with Crippen molar-refractivity contribution in [2.75, 3.05) is 0 Å². The van der Waals surface area contributed by atoms with Gasteiger partial charge in [-0.15, -0.1) is 0 Å². The third kappa shape index (κ3) is 4.99. The number of hydrogen-bond donors (Lipinski definition) is 1. The van der Waals surface area contributed by atoms with Crippen molar-refractivity contribution in [3.05, 3.63) is 99.3 Å². The molecule has 8 nitrogen and oxygen atoms in total. The Bertz CT molecular complexity index is 1500. The summed E-state index contributed by atoms with van der Waals surface area (Å²) in [5.41, 5.74) is 3.42. The van der Waals surface area contributed by atoms with E-state index in [1.165, 1.54) is 0 Å². The third-order valence-corrected chi connectivity index (χ3v) is 6.34. The number of nitrogens with zero attached hydrogens (tertiary/aromatic N) is 4. The summed E-state index contributed by atoms with van der Waals surface area (Å²) in [5, 5.41) is 14.3. The fourth-order valence-electron chi connectivity index (χ4n) is 4.27. The minimum absolute atomic E-state index is 0.0696. The molecule has 1 N–H and O–H groups in total. The van der Waals surface area contributed by atoms with Crippen molar-refractivity contribution in [3.63, 3.8) is 0 Å². The van der Waals surface area contributed by atoms with E-state index in [1.807, 2.05) is 30.3 Å². The van der Waals surface area contributed by atoms with Crippen molar-refractivity contribution in [2.24, 2.45) is 5.16 Å². The third-order valence-electron chi connectivity index (χ3n) is 6.08. The number of rotatable bonds is 8. The number of fused-ring (bicyclic) bond motifs is 1.